The Morgan fingerprint density at radius 3 is 1.23 bits per heavy atom. The minimum Gasteiger partial charge on any atom is -0.493 e. The first-order valence-electron chi connectivity index (χ1n) is 18.6. The summed E-state index contributed by atoms with van der Waals surface area (Å²) in [4.78, 5) is 0. The van der Waals surface area contributed by atoms with Crippen LogP contribution in [-0.2, 0) is 38.9 Å². The molecule has 0 unspecified atom stereocenters. The van der Waals surface area contributed by atoms with Crippen LogP contribution in [0.4, 0.5) is 0 Å². The molecule has 7 rings (SSSR count). The normalized spacial score (nSPS) is 12.2. The smallest absolute Gasteiger partial charge is 0.127 e. The van der Waals surface area contributed by atoms with Crippen LogP contribution in [0.15, 0.2) is 127 Å². The standard InChI is InChI=1S/C48H47O4/c1-3-27-49-45-37-19-11-20-38(45)30-42-24-14-26-44(48(42)52-34-36-17-9-6-10-18-36)32-40-22-12-21-39(46(40)50-28-4-2)31-43-25-13-23-41(29-37)47(43)51-33-35-15-7-5-8-16-35/h5-25H,3-4,27-34H2,1-2H3. The number of benzene rings is 6. The van der Waals surface area contributed by atoms with Gasteiger partial charge in [-0.15, -0.1) is 0 Å². The molecule has 6 aromatic rings. The first-order chi connectivity index (χ1) is 25.7. The zero-order chi connectivity index (χ0) is 35.5. The molecule has 1 aliphatic rings. The monoisotopic (exact) mass is 687 g/mol. The third kappa shape index (κ3) is 8.35. The summed E-state index contributed by atoms with van der Waals surface area (Å²) in [6, 6.07) is 48.2. The molecular weight excluding hydrogens is 641 g/mol. The van der Waals surface area contributed by atoms with Crippen LogP contribution in [-0.4, -0.2) is 13.2 Å². The maximum absolute atomic E-state index is 6.80. The fourth-order valence-corrected chi connectivity index (χ4v) is 7.01. The highest BCUT2D eigenvalue weighted by atomic mass is 16.5. The van der Waals surface area contributed by atoms with Gasteiger partial charge in [-0.25, -0.2) is 0 Å². The molecule has 0 spiro atoms. The molecule has 0 saturated carbocycles. The molecule has 0 heterocycles. The fraction of sp³-hybridized carbons (Fsp3) is 0.250. The van der Waals surface area contributed by atoms with Crippen molar-refractivity contribution in [3.63, 3.8) is 0 Å². The van der Waals surface area contributed by atoms with Crippen molar-refractivity contribution in [1.82, 2.24) is 0 Å². The summed E-state index contributed by atoms with van der Waals surface area (Å²) in [6.07, 6.45) is 4.48. The molecule has 6 aromatic carbocycles. The Bertz CT molecular complexity index is 1830. The van der Waals surface area contributed by atoms with Crippen molar-refractivity contribution in [3.05, 3.63) is 189 Å². The number of ether oxygens (including phenoxy) is 4. The maximum Gasteiger partial charge on any atom is 0.127 e. The van der Waals surface area contributed by atoms with Gasteiger partial charge in [0.1, 0.15) is 36.2 Å². The Balaban J connectivity index is 1.39. The van der Waals surface area contributed by atoms with E-state index in [1.54, 1.807) is 0 Å². The Kier molecular flexibility index (Phi) is 11.5. The second-order valence-corrected chi connectivity index (χ2v) is 13.5. The van der Waals surface area contributed by atoms with Gasteiger partial charge in [-0.05, 0) is 69.0 Å². The first kappa shape index (κ1) is 34.9. The summed E-state index contributed by atoms with van der Waals surface area (Å²) in [5.74, 6) is 3.68. The summed E-state index contributed by atoms with van der Waals surface area (Å²) < 4.78 is 26.8. The van der Waals surface area contributed by atoms with Gasteiger partial charge in [0.15, 0.2) is 0 Å². The predicted molar refractivity (Wildman–Crippen MR) is 209 cm³/mol. The molecule has 0 atom stereocenters. The van der Waals surface area contributed by atoms with E-state index >= 15 is 0 Å². The van der Waals surface area contributed by atoms with Crippen molar-refractivity contribution < 1.29 is 18.9 Å². The van der Waals surface area contributed by atoms with Crippen molar-refractivity contribution in [2.24, 2.45) is 0 Å². The van der Waals surface area contributed by atoms with Crippen LogP contribution in [0.25, 0.3) is 0 Å². The molecule has 0 N–H and O–H groups in total. The molecule has 0 amide bonds. The van der Waals surface area contributed by atoms with E-state index in [0.717, 1.165) is 91.5 Å². The van der Waals surface area contributed by atoms with E-state index in [4.69, 9.17) is 18.9 Å². The fourth-order valence-electron chi connectivity index (χ4n) is 7.01. The molecule has 1 aliphatic carbocycles. The Labute approximate surface area is 309 Å². The van der Waals surface area contributed by atoms with Crippen molar-refractivity contribution in [2.45, 2.75) is 65.6 Å². The molecule has 52 heavy (non-hydrogen) atoms. The number of rotatable bonds is 12. The molecule has 263 valence electrons. The summed E-state index contributed by atoms with van der Waals surface area (Å²) in [7, 11) is 0. The second-order valence-electron chi connectivity index (χ2n) is 13.5. The van der Waals surface area contributed by atoms with Crippen molar-refractivity contribution in [2.75, 3.05) is 13.2 Å². The van der Waals surface area contributed by atoms with Gasteiger partial charge >= 0.3 is 0 Å². The lowest BCUT2D eigenvalue weighted by Gasteiger charge is -2.22. The van der Waals surface area contributed by atoms with E-state index in [1.165, 1.54) is 0 Å². The lowest BCUT2D eigenvalue weighted by atomic mass is 9.91. The Hall–Kier alpha value is -5.48. The van der Waals surface area contributed by atoms with Gasteiger partial charge in [-0.2, -0.15) is 0 Å². The topological polar surface area (TPSA) is 36.9 Å². The zero-order valence-corrected chi connectivity index (χ0v) is 30.3. The van der Waals surface area contributed by atoms with Crippen LogP contribution >= 0.6 is 0 Å². The average molecular weight is 688 g/mol. The van der Waals surface area contributed by atoms with Crippen LogP contribution < -0.4 is 18.9 Å². The minimum atomic E-state index is 0.470. The number of hydrogen-bond donors (Lipinski definition) is 0. The lowest BCUT2D eigenvalue weighted by molar-refractivity contribution is 0.297. The van der Waals surface area contributed by atoms with Gasteiger partial charge < -0.3 is 18.9 Å². The molecule has 1 radical (unpaired) electrons. The van der Waals surface area contributed by atoms with E-state index in [0.29, 0.717) is 52.1 Å². The van der Waals surface area contributed by atoms with Crippen LogP contribution in [0, 0.1) is 6.07 Å². The van der Waals surface area contributed by atoms with Gasteiger partial charge in [0.05, 0.1) is 13.2 Å². The highest BCUT2D eigenvalue weighted by Crippen LogP contribution is 2.39. The largest absolute Gasteiger partial charge is 0.493 e. The predicted octanol–water partition coefficient (Wildman–Crippen LogP) is 10.9. The van der Waals surface area contributed by atoms with E-state index in [1.807, 2.05) is 18.2 Å². The molecular formula is C48H47O4. The molecule has 0 fully saturated rings. The zero-order valence-electron chi connectivity index (χ0n) is 30.3. The SMILES string of the molecule is CCCOc1c2cccc1Cc1cccc(c1OCc1ccccc1)Cc1cccc(c1OCCC)Cc1cc[c]c(c1OCc1ccccc1)C2. The Morgan fingerprint density at radius 1 is 0.404 bits per heavy atom. The Morgan fingerprint density at radius 2 is 0.788 bits per heavy atom. The van der Waals surface area contributed by atoms with Crippen molar-refractivity contribution in [3.8, 4) is 23.0 Å². The van der Waals surface area contributed by atoms with Gasteiger partial charge in [0.2, 0.25) is 0 Å². The second kappa shape index (κ2) is 17.2. The minimum absolute atomic E-state index is 0.470. The molecule has 4 heteroatoms. The highest BCUT2D eigenvalue weighted by Gasteiger charge is 2.22. The van der Waals surface area contributed by atoms with Gasteiger partial charge in [0.25, 0.3) is 0 Å². The van der Waals surface area contributed by atoms with Crippen molar-refractivity contribution in [1.29, 1.82) is 0 Å². The number of hydrogen-bond acceptors (Lipinski definition) is 4. The van der Waals surface area contributed by atoms with E-state index in [9.17, 15) is 0 Å². The molecule has 0 saturated heterocycles. The summed E-state index contributed by atoms with van der Waals surface area (Å²) in [5.41, 5.74) is 11.2. The maximum atomic E-state index is 6.80. The van der Waals surface area contributed by atoms with E-state index in [-0.39, 0.29) is 0 Å². The molecule has 4 nitrogen and oxygen atoms in total. The summed E-state index contributed by atoms with van der Waals surface area (Å²) in [6.45, 7) is 6.54. The summed E-state index contributed by atoms with van der Waals surface area (Å²) in [5, 5.41) is 0. The van der Waals surface area contributed by atoms with Crippen LogP contribution in [0.5, 0.6) is 23.0 Å². The summed E-state index contributed by atoms with van der Waals surface area (Å²) >= 11 is 0. The average Bonchev–Trinajstić information content (AvgIpc) is 3.17. The number of para-hydroxylation sites is 3. The molecule has 0 aliphatic heterocycles. The van der Waals surface area contributed by atoms with Gasteiger partial charge in [-0.3, -0.25) is 0 Å². The highest BCUT2D eigenvalue weighted by molar-refractivity contribution is 5.56. The van der Waals surface area contributed by atoms with Crippen LogP contribution in [0.3, 0.4) is 0 Å². The third-order valence-electron chi connectivity index (χ3n) is 9.51. The van der Waals surface area contributed by atoms with Gasteiger partial charge in [0, 0.05) is 31.2 Å². The molecule has 0 aromatic heterocycles. The first-order valence-corrected chi connectivity index (χ1v) is 18.6. The van der Waals surface area contributed by atoms with Crippen LogP contribution in [0.1, 0.15) is 82.3 Å². The third-order valence-corrected chi connectivity index (χ3v) is 9.51. The van der Waals surface area contributed by atoms with E-state index < -0.39 is 0 Å². The van der Waals surface area contributed by atoms with Crippen molar-refractivity contribution >= 4 is 0 Å². The van der Waals surface area contributed by atoms with E-state index in [2.05, 4.69) is 129 Å². The van der Waals surface area contributed by atoms with Gasteiger partial charge in [-0.1, -0.05) is 141 Å². The molecule has 8 bridgehead atoms. The number of fused-ring (bicyclic) bond motifs is 8. The quantitative estimate of drug-likeness (QED) is 0.128. The van der Waals surface area contributed by atoms with Crippen LogP contribution in [0.2, 0.25) is 0 Å². The lowest BCUT2D eigenvalue weighted by Crippen LogP contribution is -2.09.